The van der Waals surface area contributed by atoms with Crippen LogP contribution in [0.25, 0.3) is 10.8 Å². The van der Waals surface area contributed by atoms with Crippen LogP contribution < -0.4 is 0 Å². The Hall–Kier alpha value is -1.45. The number of aliphatic hydroxyl groups excluding tert-OH is 1. The summed E-state index contributed by atoms with van der Waals surface area (Å²) in [6.07, 6.45) is 0.0535. The van der Waals surface area contributed by atoms with Gasteiger partial charge in [-0.1, -0.05) is 37.3 Å². The van der Waals surface area contributed by atoms with Crippen molar-refractivity contribution in [2.24, 2.45) is 5.92 Å². The van der Waals surface area contributed by atoms with E-state index in [4.69, 9.17) is 4.74 Å². The first-order valence-corrected chi connectivity index (χ1v) is 6.65. The molecule has 2 aromatic rings. The molecule has 1 fully saturated rings. The Bertz CT molecular complexity index is 596. The largest absolute Gasteiger partial charge is 0.386 e. The average Bonchev–Trinajstić information content (AvgIpc) is 2.85. The van der Waals surface area contributed by atoms with Crippen LogP contribution in [0.1, 0.15) is 25.0 Å². The number of benzene rings is 2. The fraction of sp³-hybridized carbons (Fsp3) is 0.375. The monoisotopic (exact) mass is 260 g/mol. The van der Waals surface area contributed by atoms with E-state index in [1.807, 2.05) is 12.1 Å². The van der Waals surface area contributed by atoms with E-state index in [1.165, 1.54) is 6.07 Å². The van der Waals surface area contributed by atoms with Gasteiger partial charge in [0, 0.05) is 12.0 Å². The van der Waals surface area contributed by atoms with Gasteiger partial charge in [-0.05, 0) is 29.4 Å². The molecule has 0 aromatic heterocycles. The summed E-state index contributed by atoms with van der Waals surface area (Å²) < 4.78 is 19.4. The van der Waals surface area contributed by atoms with Crippen molar-refractivity contribution in [2.75, 3.05) is 6.61 Å². The van der Waals surface area contributed by atoms with Crippen LogP contribution in [-0.4, -0.2) is 17.8 Å². The Labute approximate surface area is 111 Å². The molecule has 3 atom stereocenters. The number of rotatable bonds is 2. The minimum atomic E-state index is -0.706. The molecule has 3 rings (SSSR count). The van der Waals surface area contributed by atoms with E-state index in [-0.39, 0.29) is 11.9 Å². The summed E-state index contributed by atoms with van der Waals surface area (Å²) in [7, 11) is 0. The molecule has 0 saturated carbocycles. The number of hydrogen-bond acceptors (Lipinski definition) is 2. The van der Waals surface area contributed by atoms with E-state index in [0.29, 0.717) is 17.9 Å². The van der Waals surface area contributed by atoms with Crippen molar-refractivity contribution in [1.82, 2.24) is 0 Å². The third-order valence-electron chi connectivity index (χ3n) is 3.98. The number of halogens is 1. The van der Waals surface area contributed by atoms with Gasteiger partial charge in [0.1, 0.15) is 11.9 Å². The summed E-state index contributed by atoms with van der Waals surface area (Å²) in [5.41, 5.74) is 0.746. The van der Waals surface area contributed by atoms with E-state index in [9.17, 15) is 9.50 Å². The summed E-state index contributed by atoms with van der Waals surface area (Å²) in [6, 6.07) is 10.3. The van der Waals surface area contributed by atoms with Crippen molar-refractivity contribution in [3.8, 4) is 0 Å². The fourth-order valence-corrected chi connectivity index (χ4v) is 2.84. The van der Waals surface area contributed by atoms with Crippen molar-refractivity contribution in [3.63, 3.8) is 0 Å². The van der Waals surface area contributed by atoms with Gasteiger partial charge in [-0.3, -0.25) is 0 Å². The lowest BCUT2D eigenvalue weighted by Crippen LogP contribution is -2.23. The smallest absolute Gasteiger partial charge is 0.131 e. The van der Waals surface area contributed by atoms with Gasteiger partial charge in [0.05, 0.1) is 6.10 Å². The molecular weight excluding hydrogens is 243 g/mol. The number of hydrogen-bond donors (Lipinski definition) is 1. The third kappa shape index (κ3) is 2.13. The molecule has 0 radical (unpaired) electrons. The molecule has 19 heavy (non-hydrogen) atoms. The maximum absolute atomic E-state index is 13.8. The van der Waals surface area contributed by atoms with Crippen LogP contribution in [0.5, 0.6) is 0 Å². The molecule has 0 amide bonds. The molecule has 0 bridgehead atoms. The quantitative estimate of drug-likeness (QED) is 0.896. The molecule has 2 aromatic carbocycles. The average molecular weight is 260 g/mol. The lowest BCUT2D eigenvalue weighted by molar-refractivity contribution is -0.0171. The highest BCUT2D eigenvalue weighted by atomic mass is 19.1. The zero-order valence-electron chi connectivity index (χ0n) is 10.8. The van der Waals surface area contributed by atoms with Crippen molar-refractivity contribution in [3.05, 3.63) is 47.8 Å². The predicted molar refractivity (Wildman–Crippen MR) is 72.4 cm³/mol. The Morgan fingerprint density at radius 2 is 1.95 bits per heavy atom. The van der Waals surface area contributed by atoms with Crippen LogP contribution in [0.4, 0.5) is 4.39 Å². The van der Waals surface area contributed by atoms with Gasteiger partial charge >= 0.3 is 0 Å². The van der Waals surface area contributed by atoms with E-state index in [1.54, 1.807) is 18.2 Å². The van der Waals surface area contributed by atoms with Crippen molar-refractivity contribution in [1.29, 1.82) is 0 Å². The minimum Gasteiger partial charge on any atom is -0.386 e. The van der Waals surface area contributed by atoms with E-state index < -0.39 is 6.10 Å². The second-order valence-electron chi connectivity index (χ2n) is 5.23. The van der Waals surface area contributed by atoms with Crippen LogP contribution in [-0.2, 0) is 4.74 Å². The topological polar surface area (TPSA) is 29.5 Å². The normalized spacial score (nSPS) is 24.8. The first kappa shape index (κ1) is 12.6. The minimum absolute atomic E-state index is 0.200. The lowest BCUT2D eigenvalue weighted by Gasteiger charge is -2.23. The van der Waals surface area contributed by atoms with Gasteiger partial charge in [-0.25, -0.2) is 4.39 Å². The third-order valence-corrected chi connectivity index (χ3v) is 3.98. The van der Waals surface area contributed by atoms with Gasteiger partial charge in [0.25, 0.3) is 0 Å². The second kappa shape index (κ2) is 4.91. The number of ether oxygens (including phenoxy) is 1. The molecule has 1 heterocycles. The number of fused-ring (bicyclic) bond motifs is 1. The summed E-state index contributed by atoms with van der Waals surface area (Å²) in [4.78, 5) is 0. The Kier molecular flexibility index (Phi) is 3.25. The van der Waals surface area contributed by atoms with Gasteiger partial charge in [0.2, 0.25) is 0 Å². The molecule has 0 aliphatic carbocycles. The SMILES string of the molecule is CC1CCOC1C(O)c1ccc(F)c2ccccc12. The molecule has 1 saturated heterocycles. The maximum atomic E-state index is 13.8. The van der Waals surface area contributed by atoms with E-state index >= 15 is 0 Å². The molecule has 100 valence electrons. The molecular formula is C16H17FO2. The maximum Gasteiger partial charge on any atom is 0.131 e. The van der Waals surface area contributed by atoms with Crippen molar-refractivity contribution >= 4 is 10.8 Å². The van der Waals surface area contributed by atoms with Gasteiger partial charge < -0.3 is 9.84 Å². The van der Waals surface area contributed by atoms with Gasteiger partial charge in [-0.15, -0.1) is 0 Å². The van der Waals surface area contributed by atoms with Crippen LogP contribution in [0.3, 0.4) is 0 Å². The van der Waals surface area contributed by atoms with Crippen LogP contribution >= 0.6 is 0 Å². The molecule has 1 aliphatic rings. The van der Waals surface area contributed by atoms with E-state index in [0.717, 1.165) is 17.4 Å². The summed E-state index contributed by atoms with van der Waals surface area (Å²) in [5.74, 6) is 0.0609. The van der Waals surface area contributed by atoms with Crippen molar-refractivity contribution in [2.45, 2.75) is 25.6 Å². The zero-order chi connectivity index (χ0) is 13.4. The first-order chi connectivity index (χ1) is 9.18. The molecule has 1 N–H and O–H groups in total. The van der Waals surface area contributed by atoms with Crippen LogP contribution in [0, 0.1) is 11.7 Å². The van der Waals surface area contributed by atoms with Crippen LogP contribution in [0.15, 0.2) is 36.4 Å². The highest BCUT2D eigenvalue weighted by Crippen LogP contribution is 2.35. The predicted octanol–water partition coefficient (Wildman–Crippen LogP) is 3.44. The number of aliphatic hydroxyl groups is 1. The Balaban J connectivity index is 2.07. The molecule has 3 unspecified atom stereocenters. The van der Waals surface area contributed by atoms with E-state index in [2.05, 4.69) is 6.92 Å². The Morgan fingerprint density at radius 3 is 2.63 bits per heavy atom. The van der Waals surface area contributed by atoms with Crippen molar-refractivity contribution < 1.29 is 14.2 Å². The highest BCUT2D eigenvalue weighted by molar-refractivity contribution is 5.86. The first-order valence-electron chi connectivity index (χ1n) is 6.65. The van der Waals surface area contributed by atoms with Crippen LogP contribution in [0.2, 0.25) is 0 Å². The lowest BCUT2D eigenvalue weighted by atomic mass is 9.91. The summed E-state index contributed by atoms with van der Waals surface area (Å²) in [6.45, 7) is 2.76. The highest BCUT2D eigenvalue weighted by Gasteiger charge is 2.32. The van der Waals surface area contributed by atoms with Gasteiger partial charge in [0.15, 0.2) is 0 Å². The van der Waals surface area contributed by atoms with Gasteiger partial charge in [-0.2, -0.15) is 0 Å². The molecule has 0 spiro atoms. The summed E-state index contributed by atoms with van der Waals surface area (Å²) >= 11 is 0. The second-order valence-corrected chi connectivity index (χ2v) is 5.23. The molecule has 2 nitrogen and oxygen atoms in total. The fourth-order valence-electron chi connectivity index (χ4n) is 2.84. The zero-order valence-corrected chi connectivity index (χ0v) is 10.8. The molecule has 3 heteroatoms. The standard InChI is InChI=1S/C16H17FO2/c1-10-8-9-19-16(10)15(18)13-6-7-14(17)12-5-3-2-4-11(12)13/h2-7,10,15-16,18H,8-9H2,1H3. The molecule has 1 aliphatic heterocycles. The Morgan fingerprint density at radius 1 is 1.21 bits per heavy atom. The summed E-state index contributed by atoms with van der Waals surface area (Å²) in [5, 5.41) is 11.8.